The van der Waals surface area contributed by atoms with Gasteiger partial charge in [0, 0.05) is 148 Å². The number of aliphatic hydroxyl groups is 4. The van der Waals surface area contributed by atoms with E-state index in [0.717, 1.165) is 116 Å². The van der Waals surface area contributed by atoms with Gasteiger partial charge in [-0.05, 0) is 272 Å². The highest BCUT2D eigenvalue weighted by molar-refractivity contribution is 5.96. The fourth-order valence-electron chi connectivity index (χ4n) is 34.7. The Hall–Kier alpha value is -3.62. The summed E-state index contributed by atoms with van der Waals surface area (Å²) in [5.74, 6) is 9.76. The highest BCUT2D eigenvalue weighted by Gasteiger charge is 2.73. The molecule has 2 saturated heterocycles. The summed E-state index contributed by atoms with van der Waals surface area (Å²) in [5.41, 5.74) is -1.14. The Morgan fingerprint density at radius 3 is 0.715 bits per heavy atom. The van der Waals surface area contributed by atoms with Crippen LogP contribution in [0.3, 0.4) is 0 Å². The van der Waals surface area contributed by atoms with Gasteiger partial charge in [-0.1, -0.05) is 162 Å². The van der Waals surface area contributed by atoms with Crippen LogP contribution < -0.4 is 0 Å². The maximum atomic E-state index is 13.9. The monoisotopic (exact) mass is 1810 g/mol. The molecule has 40 atom stereocenters. The summed E-state index contributed by atoms with van der Waals surface area (Å²) < 4.78 is 25.3. The van der Waals surface area contributed by atoms with E-state index in [1.807, 2.05) is 0 Å². The predicted octanol–water partition coefficient (Wildman–Crippen LogP) is 21.4. The molecule has 0 amide bonds. The molecule has 130 heavy (non-hydrogen) atoms. The van der Waals surface area contributed by atoms with Crippen molar-refractivity contribution in [3.63, 3.8) is 0 Å². The van der Waals surface area contributed by atoms with Crippen LogP contribution in [0.2, 0.25) is 0 Å². The lowest BCUT2D eigenvalue weighted by Crippen LogP contribution is -2.61. The molecule has 32 unspecified atom stereocenters. The van der Waals surface area contributed by atoms with E-state index in [4.69, 9.17) is 39.4 Å². The van der Waals surface area contributed by atoms with Crippen molar-refractivity contribution in [3.05, 3.63) is 0 Å². The predicted molar refractivity (Wildman–Crippen MR) is 505 cm³/mol. The second-order valence-electron chi connectivity index (χ2n) is 49.9. The minimum absolute atomic E-state index is 0.00338. The molecule has 736 valence electrons. The molecule has 2 heterocycles. The van der Waals surface area contributed by atoms with Crippen molar-refractivity contribution in [2.24, 2.45) is 185 Å². The van der Waals surface area contributed by atoms with Crippen molar-refractivity contribution in [2.75, 3.05) is 0 Å². The number of carbonyl (C=O) groups is 10. The number of aliphatic hydroxyl groups excluding tert-OH is 4. The smallest absolute Gasteiger partial charge is 0.169 e. The molecule has 0 radical (unpaired) electrons. The Kier molecular flexibility index (Phi) is 31.3. The molecule has 2 spiro atoms. The van der Waals surface area contributed by atoms with Gasteiger partial charge in [0.1, 0.15) is 57.8 Å². The zero-order valence-corrected chi connectivity index (χ0v) is 85.4. The lowest BCUT2D eigenvalue weighted by Gasteiger charge is -2.60. The SMILES string of the molecule is CC(O)C(C)O.CC(O)C(C)O.CCCC(C)C1CCC2C3C(=O)CC4CC(=O)CC[C@]4(C)C3CC(=O)[C@]12C.CCCC(C)C1CCC2C3C(=O)CC4CC(=O)CC[C@]4(C)C3CC(=O)[C@]12C.CCCC(C)C1CCC2C3C(=O)CC4CC5(CC[C@]4(C)C3CC(=O)[C@]12C)OC(C)C(C)O5.CCCC(C)C1CCC2C3C(=O)CC4CC5(CC[C@]4(C)C3CC(=O)[C@]12C)OC(C)C(C)O5. The number of rotatable bonds is 14. The molecule has 18 aliphatic rings. The molecule has 0 bridgehead atoms. The standard InChI is InChI=1S/2C28H44O4.2C24H36O3.2C4H10O2/c2*1-7-8-16(2)20-9-10-21-25-22(14-24(30)27(20,21)6)26(5)11-12-28(15-19(26)13-23(25)29)31-17(3)18(4)32-28;2*1-5-6-14(2)17-7-8-18-22-19(13-21(27)24(17,18)4)23(3)10-9-16(25)11-15(23)12-20(22)26;2*1-3(5)4(2)6/h2*16-22,25H,7-15H2,1-6H3;2*14-15,17-19,22H,5-13H2,1-4H3;2*3-6H,1-2H3/t2*16?,17?,18?,19?,20?,21?,22?,25?,26-,27+,28?;2*14?,15?,17?,18?,19?,22?,23-,24+;;/m0000../s1. The van der Waals surface area contributed by atoms with Crippen LogP contribution in [-0.2, 0) is 66.9 Å². The molecular weight excluding hydrogens is 1630 g/mol. The summed E-state index contributed by atoms with van der Waals surface area (Å²) >= 11 is 0. The molecule has 18 rings (SSSR count). The van der Waals surface area contributed by atoms with E-state index < -0.39 is 36.0 Å². The van der Waals surface area contributed by atoms with Gasteiger partial charge in [0.25, 0.3) is 0 Å². The van der Waals surface area contributed by atoms with E-state index in [1.165, 1.54) is 38.5 Å². The Balaban J connectivity index is 0.000000142. The molecule has 0 aromatic heterocycles. The van der Waals surface area contributed by atoms with Crippen molar-refractivity contribution in [2.45, 2.75) is 458 Å². The van der Waals surface area contributed by atoms with Crippen molar-refractivity contribution >= 4 is 57.8 Å². The minimum Gasteiger partial charge on any atom is -0.391 e. The van der Waals surface area contributed by atoms with Gasteiger partial charge in [-0.3, -0.25) is 47.9 Å². The van der Waals surface area contributed by atoms with E-state index >= 15 is 0 Å². The van der Waals surface area contributed by atoms with Gasteiger partial charge < -0.3 is 39.4 Å². The molecular formula is C112H180O18. The molecule has 16 aliphatic carbocycles. The maximum Gasteiger partial charge on any atom is 0.169 e. The summed E-state index contributed by atoms with van der Waals surface area (Å²) in [4.78, 5) is 133. The Morgan fingerprint density at radius 2 is 0.500 bits per heavy atom. The topological polar surface area (TPSA) is 289 Å². The molecule has 16 saturated carbocycles. The fourth-order valence-corrected chi connectivity index (χ4v) is 34.7. The van der Waals surface area contributed by atoms with Crippen LogP contribution in [0, 0.1) is 185 Å². The molecule has 0 aromatic rings. The second kappa shape index (κ2) is 39.2. The average Bonchev–Trinajstić information content (AvgIpc) is 1.53. The van der Waals surface area contributed by atoms with E-state index in [2.05, 4.69) is 138 Å². The van der Waals surface area contributed by atoms with Crippen molar-refractivity contribution in [3.8, 4) is 0 Å². The van der Waals surface area contributed by atoms with Crippen LogP contribution in [-0.4, -0.2) is 139 Å². The largest absolute Gasteiger partial charge is 0.391 e. The zero-order chi connectivity index (χ0) is 95.5. The fraction of sp³-hybridized carbons (Fsp3) is 0.911. The van der Waals surface area contributed by atoms with E-state index in [0.29, 0.717) is 182 Å². The lowest BCUT2D eigenvalue weighted by atomic mass is 9.43. The first-order chi connectivity index (χ1) is 60.9. The summed E-state index contributed by atoms with van der Waals surface area (Å²) in [6.45, 7) is 51.0. The number of hydrogen-bond donors (Lipinski definition) is 4. The second-order valence-corrected chi connectivity index (χ2v) is 49.9. The van der Waals surface area contributed by atoms with E-state index in [1.54, 1.807) is 27.7 Å². The van der Waals surface area contributed by atoms with Gasteiger partial charge in [0.2, 0.25) is 0 Å². The first-order valence-corrected chi connectivity index (χ1v) is 53.6. The van der Waals surface area contributed by atoms with Crippen molar-refractivity contribution in [1.29, 1.82) is 0 Å². The minimum atomic E-state index is -0.593. The average molecular weight is 1810 g/mol. The molecule has 0 aromatic carbocycles. The third kappa shape index (κ3) is 18.0. The van der Waals surface area contributed by atoms with Crippen molar-refractivity contribution < 1.29 is 87.3 Å². The van der Waals surface area contributed by atoms with Crippen LogP contribution in [0.1, 0.15) is 397 Å². The van der Waals surface area contributed by atoms with Gasteiger partial charge in [0.15, 0.2) is 11.6 Å². The first-order valence-electron chi connectivity index (χ1n) is 53.6. The van der Waals surface area contributed by atoms with E-state index in [-0.39, 0.29) is 162 Å². The van der Waals surface area contributed by atoms with Crippen LogP contribution in [0.5, 0.6) is 0 Å². The number of hydrogen-bond acceptors (Lipinski definition) is 18. The van der Waals surface area contributed by atoms with Gasteiger partial charge in [-0.25, -0.2) is 0 Å². The highest BCUT2D eigenvalue weighted by Crippen LogP contribution is 2.73. The van der Waals surface area contributed by atoms with Gasteiger partial charge >= 0.3 is 0 Å². The summed E-state index contributed by atoms with van der Waals surface area (Å²) in [6, 6.07) is 0. The zero-order valence-electron chi connectivity index (χ0n) is 85.4. The van der Waals surface area contributed by atoms with Crippen LogP contribution in [0.15, 0.2) is 0 Å². The van der Waals surface area contributed by atoms with E-state index in [9.17, 15) is 47.9 Å². The first kappa shape index (κ1) is 104. The summed E-state index contributed by atoms with van der Waals surface area (Å²) in [6.07, 6.45) is 30.3. The van der Waals surface area contributed by atoms with Gasteiger partial charge in [-0.15, -0.1) is 0 Å². The highest BCUT2D eigenvalue weighted by atomic mass is 16.8. The number of Topliss-reactive ketones (excluding diaryl/α,β-unsaturated/α-hetero) is 10. The third-order valence-electron chi connectivity index (χ3n) is 43.3. The number of ketones is 10. The molecule has 18 heteroatoms. The maximum absolute atomic E-state index is 13.9. The molecule has 2 aliphatic heterocycles. The van der Waals surface area contributed by atoms with Crippen LogP contribution in [0.4, 0.5) is 0 Å². The number of fused-ring (bicyclic) bond motifs is 20. The third-order valence-corrected chi connectivity index (χ3v) is 43.3. The normalized spacial score (nSPS) is 48.2. The summed E-state index contributed by atoms with van der Waals surface area (Å²) in [5, 5.41) is 33.5. The Morgan fingerprint density at radius 1 is 0.285 bits per heavy atom. The van der Waals surface area contributed by atoms with Gasteiger partial charge in [-0.2, -0.15) is 0 Å². The summed E-state index contributed by atoms with van der Waals surface area (Å²) in [7, 11) is 0. The Bertz CT molecular complexity index is 3830. The lowest BCUT2D eigenvalue weighted by molar-refractivity contribution is -0.235. The quantitative estimate of drug-likeness (QED) is 0.126. The molecule has 18 nitrogen and oxygen atoms in total. The molecule has 4 N–H and O–H groups in total. The molecule has 18 fully saturated rings. The number of ether oxygens (including phenoxy) is 4. The van der Waals surface area contributed by atoms with Crippen LogP contribution in [0.25, 0.3) is 0 Å². The number of carbonyl (C=O) groups excluding carboxylic acids is 10. The van der Waals surface area contributed by atoms with Crippen LogP contribution >= 0.6 is 0 Å². The van der Waals surface area contributed by atoms with Gasteiger partial charge in [0.05, 0.1) is 48.8 Å². The van der Waals surface area contributed by atoms with Crippen molar-refractivity contribution in [1.82, 2.24) is 0 Å². The Labute approximate surface area is 783 Å².